The van der Waals surface area contributed by atoms with Crippen molar-refractivity contribution in [2.45, 2.75) is 65.2 Å². The van der Waals surface area contributed by atoms with Gasteiger partial charge in [0.1, 0.15) is 5.82 Å². The summed E-state index contributed by atoms with van der Waals surface area (Å²) >= 11 is 4.45. The van der Waals surface area contributed by atoms with Crippen LogP contribution in [0.3, 0.4) is 0 Å². The number of allylic oxidation sites excluding steroid dienone is 1. The molecule has 1 aromatic carbocycles. The Kier molecular flexibility index (Phi) is 7.96. The monoisotopic (exact) mass is 515 g/mol. The molecular formula is C31H41N5S. The standard InChI is InChI=1S/C29H35N5S.C2H6/c1-21-17-34(35)30-29(21)28(24-8-6-9-24)25-10-7-11-26(16-25)33-20-27-13-12-23(19-32(27)22(33)2)18-31-14-4-3-5-15-31;1-2/h7,10-13,16-17,19-20,24,28,35H,2-6,8-9,14-15,18H2,1H3;1-2H3. The summed E-state index contributed by atoms with van der Waals surface area (Å²) in [7, 11) is 0. The van der Waals surface area contributed by atoms with Gasteiger partial charge in [0.2, 0.25) is 0 Å². The van der Waals surface area contributed by atoms with Crippen molar-refractivity contribution in [2.24, 2.45) is 5.92 Å². The number of likely N-dealkylation sites (tertiary alicyclic amines) is 1. The molecule has 2 aromatic rings. The fourth-order valence-electron chi connectivity index (χ4n) is 5.96. The lowest BCUT2D eigenvalue weighted by atomic mass is 9.71. The van der Waals surface area contributed by atoms with Gasteiger partial charge in [0.25, 0.3) is 0 Å². The summed E-state index contributed by atoms with van der Waals surface area (Å²) in [6.07, 6.45) is 18.8. The van der Waals surface area contributed by atoms with Crippen LogP contribution in [0, 0.1) is 12.8 Å². The summed E-state index contributed by atoms with van der Waals surface area (Å²) in [5, 5.41) is 4.76. The highest BCUT2D eigenvalue weighted by molar-refractivity contribution is 7.78. The third-order valence-corrected chi connectivity index (χ3v) is 8.27. The molecule has 0 bridgehead atoms. The van der Waals surface area contributed by atoms with E-state index in [2.05, 4.69) is 89.8 Å². The molecule has 0 spiro atoms. The molecule has 1 saturated carbocycles. The molecule has 6 rings (SSSR count). The Morgan fingerprint density at radius 3 is 2.49 bits per heavy atom. The first-order valence-corrected chi connectivity index (χ1v) is 14.4. The lowest BCUT2D eigenvalue weighted by Gasteiger charge is -2.34. The zero-order chi connectivity index (χ0) is 25.9. The molecule has 6 heteroatoms. The number of nitrogens with zero attached hydrogens (tertiary/aromatic N) is 5. The number of thiol groups is 1. The zero-order valence-corrected chi connectivity index (χ0v) is 23.5. The van der Waals surface area contributed by atoms with Crippen LogP contribution in [-0.2, 0) is 0 Å². The number of hydrogen-bond acceptors (Lipinski definition) is 5. The van der Waals surface area contributed by atoms with Crippen molar-refractivity contribution >= 4 is 18.5 Å². The maximum atomic E-state index is 4.76. The summed E-state index contributed by atoms with van der Waals surface area (Å²) in [5.41, 5.74) is 7.37. The largest absolute Gasteiger partial charge is 0.302 e. The molecule has 3 aliphatic heterocycles. The van der Waals surface area contributed by atoms with Crippen LogP contribution in [0.4, 0.5) is 5.69 Å². The number of hydrogen-bond donors (Lipinski definition) is 1. The van der Waals surface area contributed by atoms with E-state index < -0.39 is 0 Å². The van der Waals surface area contributed by atoms with Gasteiger partial charge in [-0.1, -0.05) is 51.5 Å². The number of anilines is 1. The number of rotatable bonds is 6. The average Bonchev–Trinajstić information content (AvgIpc) is 3.40. The number of benzene rings is 1. The van der Waals surface area contributed by atoms with Gasteiger partial charge in [0, 0.05) is 36.7 Å². The number of aromatic nitrogens is 2. The normalized spacial score (nSPS) is 20.6. The fraction of sp³-hybridized carbons (Fsp3) is 0.452. The quantitative estimate of drug-likeness (QED) is 0.411. The Morgan fingerprint density at radius 1 is 1.03 bits per heavy atom. The van der Waals surface area contributed by atoms with Gasteiger partial charge in [-0.05, 0) is 99.3 Å². The Bertz CT molecular complexity index is 1210. The molecule has 0 radical (unpaired) electrons. The molecule has 0 amide bonds. The van der Waals surface area contributed by atoms with E-state index in [1.807, 2.05) is 20.0 Å². The second-order valence-electron chi connectivity index (χ2n) is 10.5. The summed E-state index contributed by atoms with van der Waals surface area (Å²) in [5.74, 6) is 1.93. The van der Waals surface area contributed by atoms with Gasteiger partial charge in [-0.25, -0.2) is 4.09 Å². The smallest absolute Gasteiger partial charge is 0.114 e. The molecule has 4 heterocycles. The maximum Gasteiger partial charge on any atom is 0.114 e. The minimum absolute atomic E-state index is 0.305. The second kappa shape index (κ2) is 11.4. The third kappa shape index (κ3) is 5.32. The first-order valence-electron chi connectivity index (χ1n) is 14.0. The first-order chi connectivity index (χ1) is 18.1. The van der Waals surface area contributed by atoms with E-state index in [4.69, 9.17) is 5.10 Å². The van der Waals surface area contributed by atoms with Crippen LogP contribution in [0.2, 0.25) is 0 Å². The summed E-state index contributed by atoms with van der Waals surface area (Å²) < 4.78 is 1.66. The minimum Gasteiger partial charge on any atom is -0.302 e. The molecule has 2 fully saturated rings. The van der Waals surface area contributed by atoms with E-state index in [0.29, 0.717) is 11.8 Å². The van der Waals surface area contributed by atoms with Gasteiger partial charge in [-0.15, -0.1) is 0 Å². The van der Waals surface area contributed by atoms with E-state index >= 15 is 0 Å². The van der Waals surface area contributed by atoms with Gasteiger partial charge >= 0.3 is 0 Å². The molecule has 1 saturated heterocycles. The summed E-state index contributed by atoms with van der Waals surface area (Å²) in [6.45, 7) is 14.1. The van der Waals surface area contributed by atoms with Crippen molar-refractivity contribution in [1.82, 2.24) is 19.0 Å². The van der Waals surface area contributed by atoms with E-state index in [-0.39, 0.29) is 0 Å². The fourth-order valence-corrected chi connectivity index (χ4v) is 6.23. The topological polar surface area (TPSA) is 27.5 Å². The Morgan fingerprint density at radius 2 is 1.81 bits per heavy atom. The SMILES string of the molecule is C=C1N2C=C(CN3CCCCC3)C=CC2=CN1c1cccc(C(c2nn(S)cc2C)C2CCC2)c1.CC. The third-order valence-electron chi connectivity index (χ3n) is 8.06. The van der Waals surface area contributed by atoms with Crippen molar-refractivity contribution in [3.8, 4) is 0 Å². The highest BCUT2D eigenvalue weighted by Crippen LogP contribution is 2.45. The Labute approximate surface area is 228 Å². The Hall–Kier alpha value is -2.70. The van der Waals surface area contributed by atoms with Crippen LogP contribution in [0.15, 0.2) is 78.7 Å². The van der Waals surface area contributed by atoms with Gasteiger partial charge in [0.05, 0.1) is 11.4 Å². The van der Waals surface area contributed by atoms with Crippen LogP contribution in [0.25, 0.3) is 0 Å². The molecule has 1 unspecified atom stereocenters. The highest BCUT2D eigenvalue weighted by Gasteiger charge is 2.33. The lowest BCUT2D eigenvalue weighted by molar-refractivity contribution is 0.247. The summed E-state index contributed by atoms with van der Waals surface area (Å²) in [6, 6.07) is 8.97. The molecule has 1 atom stereocenters. The van der Waals surface area contributed by atoms with Crippen molar-refractivity contribution in [1.29, 1.82) is 0 Å². The molecule has 1 aromatic heterocycles. The van der Waals surface area contributed by atoms with Crippen LogP contribution < -0.4 is 4.90 Å². The van der Waals surface area contributed by atoms with Crippen LogP contribution in [-0.4, -0.2) is 38.6 Å². The van der Waals surface area contributed by atoms with E-state index in [0.717, 1.165) is 23.7 Å². The molecule has 196 valence electrons. The summed E-state index contributed by atoms with van der Waals surface area (Å²) in [4.78, 5) is 7.04. The van der Waals surface area contributed by atoms with Crippen molar-refractivity contribution in [3.05, 3.63) is 95.5 Å². The van der Waals surface area contributed by atoms with Crippen LogP contribution in [0.1, 0.15) is 75.1 Å². The van der Waals surface area contributed by atoms with E-state index in [1.165, 1.54) is 74.0 Å². The van der Waals surface area contributed by atoms with Gasteiger partial charge < -0.3 is 9.80 Å². The minimum atomic E-state index is 0.305. The second-order valence-corrected chi connectivity index (χ2v) is 10.9. The van der Waals surface area contributed by atoms with E-state index in [9.17, 15) is 0 Å². The van der Waals surface area contributed by atoms with Crippen molar-refractivity contribution < 1.29 is 0 Å². The molecule has 1 aliphatic carbocycles. The molecule has 0 N–H and O–H groups in total. The predicted octanol–water partition coefficient (Wildman–Crippen LogP) is 7.22. The first kappa shape index (κ1) is 25.9. The molecule has 4 aliphatic rings. The average molecular weight is 516 g/mol. The highest BCUT2D eigenvalue weighted by atomic mass is 32.1. The van der Waals surface area contributed by atoms with E-state index in [1.54, 1.807) is 4.09 Å². The molecule has 5 nitrogen and oxygen atoms in total. The molecule has 37 heavy (non-hydrogen) atoms. The van der Waals surface area contributed by atoms with Crippen molar-refractivity contribution in [3.63, 3.8) is 0 Å². The van der Waals surface area contributed by atoms with Gasteiger partial charge in [-0.2, -0.15) is 5.10 Å². The number of aryl methyl sites for hydroxylation is 1. The number of piperidine rings is 1. The van der Waals surface area contributed by atoms with Gasteiger partial charge in [0.15, 0.2) is 0 Å². The predicted molar refractivity (Wildman–Crippen MR) is 157 cm³/mol. The van der Waals surface area contributed by atoms with Crippen LogP contribution in [0.5, 0.6) is 0 Å². The van der Waals surface area contributed by atoms with Crippen LogP contribution >= 0.6 is 12.8 Å². The maximum absolute atomic E-state index is 4.76. The molecular weight excluding hydrogens is 474 g/mol. The lowest BCUT2D eigenvalue weighted by Crippen LogP contribution is -2.32. The number of fused-ring (bicyclic) bond motifs is 1. The van der Waals surface area contributed by atoms with Gasteiger partial charge in [-0.3, -0.25) is 4.90 Å². The zero-order valence-electron chi connectivity index (χ0n) is 22.6. The Balaban J connectivity index is 0.00000137. The van der Waals surface area contributed by atoms with Crippen molar-refractivity contribution in [2.75, 3.05) is 24.5 Å².